The average molecular weight is 564 g/mol. The lowest BCUT2D eigenvalue weighted by atomic mass is 10.1. The quantitative estimate of drug-likeness (QED) is 0.405. The second-order valence-electron chi connectivity index (χ2n) is 8.41. The fraction of sp³-hybridized carbons (Fsp3) is 0.320. The lowest BCUT2D eigenvalue weighted by Gasteiger charge is -2.25. The van der Waals surface area contributed by atoms with E-state index < -0.39 is 49.5 Å². The molecule has 0 aliphatic carbocycles. The van der Waals surface area contributed by atoms with Crippen LogP contribution in [0.1, 0.15) is 28.4 Å². The number of hydrogen-bond acceptors (Lipinski definition) is 5. The lowest BCUT2D eigenvalue weighted by Crippen LogP contribution is -2.42. The molecule has 0 radical (unpaired) electrons. The lowest BCUT2D eigenvalue weighted by molar-refractivity contribution is -0.138. The Morgan fingerprint density at radius 2 is 1.97 bits per heavy atom. The van der Waals surface area contributed by atoms with Gasteiger partial charge in [-0.15, -0.1) is 0 Å². The monoisotopic (exact) mass is 563 g/mol. The molecule has 2 amide bonds. The van der Waals surface area contributed by atoms with E-state index in [1.165, 1.54) is 10.8 Å². The Labute approximate surface area is 213 Å². The maximum absolute atomic E-state index is 14.3. The third kappa shape index (κ3) is 5.57. The Balaban J connectivity index is 1.47. The molecule has 2 heterocycles. The predicted octanol–water partition coefficient (Wildman–Crippen LogP) is 3.91. The molecule has 3 atom stereocenters. The van der Waals surface area contributed by atoms with E-state index in [9.17, 15) is 28.3 Å². The summed E-state index contributed by atoms with van der Waals surface area (Å²) in [5.41, 5.74) is 1.37. The highest BCUT2D eigenvalue weighted by Crippen LogP contribution is 2.26. The van der Waals surface area contributed by atoms with Gasteiger partial charge in [-0.1, -0.05) is 46.3 Å². The first-order valence-electron chi connectivity index (χ1n) is 11.2. The highest BCUT2D eigenvalue weighted by Gasteiger charge is 2.38. The SMILES string of the molecule is O=C(N[C@H](CF)c1cccc(Br)c1)O[C@H]1C[C@@H](F)CN1C(=O)Cn1cc(C(=O)CO)c2ccccc21. The summed E-state index contributed by atoms with van der Waals surface area (Å²) >= 11 is 3.30. The Hall–Kier alpha value is -3.31. The van der Waals surface area contributed by atoms with Crippen molar-refractivity contribution in [1.82, 2.24) is 14.8 Å². The van der Waals surface area contributed by atoms with Gasteiger partial charge >= 0.3 is 6.09 Å². The number of alkyl carbamates (subject to hydrolysis) is 1. The van der Waals surface area contributed by atoms with Crippen LogP contribution in [-0.2, 0) is 16.1 Å². The molecular formula is C25H24BrF2N3O5. The molecular weight excluding hydrogens is 540 g/mol. The van der Waals surface area contributed by atoms with E-state index in [0.717, 1.165) is 4.90 Å². The van der Waals surface area contributed by atoms with Crippen molar-refractivity contribution in [1.29, 1.82) is 0 Å². The number of Topliss-reactive ketones (excluding diaryl/α,β-unsaturated/α-hetero) is 1. The molecule has 190 valence electrons. The van der Waals surface area contributed by atoms with Crippen molar-refractivity contribution in [3.8, 4) is 0 Å². The molecule has 1 aliphatic rings. The summed E-state index contributed by atoms with van der Waals surface area (Å²) in [7, 11) is 0. The molecule has 3 aromatic rings. The van der Waals surface area contributed by atoms with Crippen LogP contribution in [-0.4, -0.2) is 64.6 Å². The number of fused-ring (bicyclic) bond motifs is 1. The van der Waals surface area contributed by atoms with Crippen LogP contribution >= 0.6 is 15.9 Å². The third-order valence-electron chi connectivity index (χ3n) is 6.00. The number of alkyl halides is 2. The third-order valence-corrected chi connectivity index (χ3v) is 6.49. The minimum absolute atomic E-state index is 0.211. The van der Waals surface area contributed by atoms with Crippen LogP contribution in [0.25, 0.3) is 10.9 Å². The maximum Gasteiger partial charge on any atom is 0.409 e. The van der Waals surface area contributed by atoms with Crippen molar-refractivity contribution in [2.75, 3.05) is 19.8 Å². The van der Waals surface area contributed by atoms with Gasteiger partial charge in [-0.2, -0.15) is 0 Å². The van der Waals surface area contributed by atoms with Gasteiger partial charge in [0.1, 0.15) is 26.0 Å². The van der Waals surface area contributed by atoms with E-state index in [1.54, 1.807) is 48.5 Å². The van der Waals surface area contributed by atoms with E-state index in [-0.39, 0.29) is 25.1 Å². The summed E-state index contributed by atoms with van der Waals surface area (Å²) in [4.78, 5) is 38.9. The van der Waals surface area contributed by atoms with Crippen molar-refractivity contribution in [3.05, 3.63) is 70.3 Å². The van der Waals surface area contributed by atoms with Gasteiger partial charge in [-0.05, 0) is 23.8 Å². The highest BCUT2D eigenvalue weighted by molar-refractivity contribution is 9.10. The number of ether oxygens (including phenoxy) is 1. The van der Waals surface area contributed by atoms with Gasteiger partial charge in [0.05, 0.1) is 12.6 Å². The summed E-state index contributed by atoms with van der Waals surface area (Å²) in [6.45, 7) is -2.07. The fourth-order valence-electron chi connectivity index (χ4n) is 4.28. The minimum atomic E-state index is -1.40. The molecule has 0 spiro atoms. The summed E-state index contributed by atoms with van der Waals surface area (Å²) in [6, 6.07) is 12.7. The molecule has 4 rings (SSSR count). The summed E-state index contributed by atoms with van der Waals surface area (Å²) < 4.78 is 35.5. The molecule has 0 saturated carbocycles. The maximum atomic E-state index is 14.3. The number of rotatable bonds is 8. The number of amides is 2. The van der Waals surface area contributed by atoms with Gasteiger partial charge in [0.2, 0.25) is 5.91 Å². The average Bonchev–Trinajstić information content (AvgIpc) is 3.42. The first-order valence-corrected chi connectivity index (χ1v) is 12.0. The van der Waals surface area contributed by atoms with Crippen molar-refractivity contribution in [3.63, 3.8) is 0 Å². The highest BCUT2D eigenvalue weighted by atomic mass is 79.9. The van der Waals surface area contributed by atoms with Crippen LogP contribution in [0.2, 0.25) is 0 Å². The topological polar surface area (TPSA) is 101 Å². The molecule has 2 aromatic carbocycles. The Bertz CT molecular complexity index is 1280. The molecule has 2 N–H and O–H groups in total. The molecule has 1 saturated heterocycles. The second kappa shape index (κ2) is 11.2. The number of nitrogens with one attached hydrogen (secondary N) is 1. The van der Waals surface area contributed by atoms with Crippen LogP contribution in [0.5, 0.6) is 0 Å². The Kier molecular flexibility index (Phi) is 8.00. The van der Waals surface area contributed by atoms with Crippen LogP contribution in [0.3, 0.4) is 0 Å². The number of aliphatic hydroxyl groups excluding tert-OH is 1. The van der Waals surface area contributed by atoms with Gasteiger partial charge in [-0.25, -0.2) is 13.6 Å². The zero-order valence-corrected chi connectivity index (χ0v) is 20.7. The number of hydrogen-bond donors (Lipinski definition) is 2. The zero-order valence-electron chi connectivity index (χ0n) is 19.1. The van der Waals surface area contributed by atoms with E-state index in [2.05, 4.69) is 21.2 Å². The number of benzene rings is 2. The number of carbonyl (C=O) groups is 3. The van der Waals surface area contributed by atoms with Gasteiger partial charge in [0, 0.05) is 33.6 Å². The van der Waals surface area contributed by atoms with Crippen molar-refractivity contribution < 1.29 is 33.0 Å². The van der Waals surface area contributed by atoms with E-state index >= 15 is 0 Å². The molecule has 1 fully saturated rings. The van der Waals surface area contributed by atoms with Crippen LogP contribution < -0.4 is 5.32 Å². The minimum Gasteiger partial charge on any atom is -0.425 e. The number of carbonyl (C=O) groups excluding carboxylic acids is 3. The van der Waals surface area contributed by atoms with E-state index in [4.69, 9.17) is 4.74 Å². The number of halogens is 3. The molecule has 36 heavy (non-hydrogen) atoms. The van der Waals surface area contributed by atoms with E-state index in [1.807, 2.05) is 0 Å². The van der Waals surface area contributed by atoms with Crippen molar-refractivity contribution in [2.24, 2.45) is 0 Å². The zero-order chi connectivity index (χ0) is 25.8. The van der Waals surface area contributed by atoms with E-state index in [0.29, 0.717) is 20.9 Å². The first kappa shape index (κ1) is 25.8. The number of ketones is 1. The van der Waals surface area contributed by atoms with Crippen molar-refractivity contribution in [2.45, 2.75) is 31.4 Å². The molecule has 1 aliphatic heterocycles. The number of nitrogens with zero attached hydrogens (tertiary/aromatic N) is 2. The summed E-state index contributed by atoms with van der Waals surface area (Å²) in [5, 5.41) is 12.3. The number of para-hydroxylation sites is 1. The summed E-state index contributed by atoms with van der Waals surface area (Å²) in [6.07, 6.45) is -2.29. The van der Waals surface area contributed by atoms with Crippen molar-refractivity contribution >= 4 is 44.6 Å². The van der Waals surface area contributed by atoms with Crippen LogP contribution in [0.4, 0.5) is 13.6 Å². The predicted molar refractivity (Wildman–Crippen MR) is 131 cm³/mol. The van der Waals surface area contributed by atoms with Gasteiger partial charge in [0.25, 0.3) is 0 Å². The fourth-order valence-corrected chi connectivity index (χ4v) is 4.70. The Morgan fingerprint density at radius 1 is 1.19 bits per heavy atom. The molecule has 0 unspecified atom stereocenters. The summed E-state index contributed by atoms with van der Waals surface area (Å²) in [5.74, 6) is -1.01. The van der Waals surface area contributed by atoms with Gasteiger partial charge in [-0.3, -0.25) is 9.59 Å². The number of aliphatic hydroxyl groups is 1. The molecule has 0 bridgehead atoms. The molecule has 11 heteroatoms. The standard InChI is InChI=1S/C25H24BrF2N3O5/c26-16-5-3-4-15(8-16)20(10-27)29-25(35)36-24-9-17(28)11-31(24)23(34)13-30-12-19(22(33)14-32)18-6-1-2-7-21(18)30/h1-8,12,17,20,24,32H,9-11,13-14H2,(H,29,35)/t17-,20-,24+/m1/s1. The Morgan fingerprint density at radius 3 is 2.69 bits per heavy atom. The normalized spacial score (nSPS) is 18.3. The molecule has 1 aromatic heterocycles. The second-order valence-corrected chi connectivity index (χ2v) is 9.33. The first-order chi connectivity index (χ1) is 17.3. The molecule has 8 nitrogen and oxygen atoms in total. The van der Waals surface area contributed by atoms with Crippen LogP contribution in [0.15, 0.2) is 59.2 Å². The number of likely N-dealkylation sites (tertiary alicyclic amines) is 1. The smallest absolute Gasteiger partial charge is 0.409 e. The van der Waals surface area contributed by atoms with Gasteiger partial charge < -0.3 is 24.6 Å². The largest absolute Gasteiger partial charge is 0.425 e. The van der Waals surface area contributed by atoms with Gasteiger partial charge in [0.15, 0.2) is 12.0 Å². The number of aromatic nitrogens is 1. The van der Waals surface area contributed by atoms with Crippen LogP contribution in [0, 0.1) is 0 Å².